The van der Waals surface area contributed by atoms with E-state index in [2.05, 4.69) is 4.98 Å². The van der Waals surface area contributed by atoms with E-state index in [1.807, 2.05) is 35.9 Å². The molecule has 188 valence electrons. The minimum atomic E-state index is -1.56. The molecule has 3 heterocycles. The molecule has 1 aromatic heterocycles. The lowest BCUT2D eigenvalue weighted by Gasteiger charge is -2.47. The van der Waals surface area contributed by atoms with E-state index >= 15 is 0 Å². The van der Waals surface area contributed by atoms with Crippen molar-refractivity contribution in [3.63, 3.8) is 0 Å². The molecule has 0 spiro atoms. The van der Waals surface area contributed by atoms with Gasteiger partial charge in [0.15, 0.2) is 17.5 Å². The number of ether oxygens (including phenoxy) is 1. The number of carbonyl (C=O) groups excluding carboxylic acids is 1. The molecule has 1 amide bonds. The molecule has 36 heavy (non-hydrogen) atoms. The lowest BCUT2D eigenvalue weighted by atomic mass is 9.82. The molecule has 5 rings (SSSR count). The van der Waals surface area contributed by atoms with Crippen molar-refractivity contribution in [1.82, 2.24) is 14.5 Å². The van der Waals surface area contributed by atoms with Gasteiger partial charge in [0.05, 0.1) is 37.0 Å². The highest BCUT2D eigenvalue weighted by Crippen LogP contribution is 2.41. The summed E-state index contributed by atoms with van der Waals surface area (Å²) >= 11 is 0. The maximum Gasteiger partial charge on any atom is 0.250 e. The summed E-state index contributed by atoms with van der Waals surface area (Å²) in [5.74, 6) is -3.84. The number of nitrogens with zero attached hydrogens (tertiary/aromatic N) is 3. The second-order valence-corrected chi connectivity index (χ2v) is 9.37. The third kappa shape index (κ3) is 4.39. The highest BCUT2D eigenvalue weighted by Gasteiger charge is 2.42. The number of fused-ring (bicyclic) bond motifs is 1. The molecule has 2 aliphatic rings. The number of piperidine rings is 2. The van der Waals surface area contributed by atoms with Crippen molar-refractivity contribution in [2.45, 2.75) is 50.8 Å². The summed E-state index contributed by atoms with van der Waals surface area (Å²) in [5, 5.41) is 10.4. The predicted molar refractivity (Wildman–Crippen MR) is 127 cm³/mol. The van der Waals surface area contributed by atoms with Crippen LogP contribution in [0.4, 0.5) is 13.2 Å². The van der Waals surface area contributed by atoms with Crippen LogP contribution in [0.3, 0.4) is 0 Å². The lowest BCUT2D eigenvalue weighted by molar-refractivity contribution is -0.139. The molecule has 2 fully saturated rings. The average Bonchev–Trinajstić information content (AvgIpc) is 3.29. The van der Waals surface area contributed by atoms with Crippen LogP contribution < -0.4 is 4.74 Å². The molecule has 3 atom stereocenters. The Balaban J connectivity index is 1.47. The van der Waals surface area contributed by atoms with Gasteiger partial charge in [-0.3, -0.25) is 4.79 Å². The van der Waals surface area contributed by atoms with Gasteiger partial charge in [0.1, 0.15) is 5.75 Å². The smallest absolute Gasteiger partial charge is 0.250 e. The van der Waals surface area contributed by atoms with E-state index in [9.17, 15) is 23.1 Å². The number of halogens is 3. The van der Waals surface area contributed by atoms with Crippen LogP contribution in [-0.2, 0) is 4.79 Å². The minimum absolute atomic E-state index is 0.118. The summed E-state index contributed by atoms with van der Waals surface area (Å²) in [6.07, 6.45) is 6.24. The highest BCUT2D eigenvalue weighted by atomic mass is 19.2. The summed E-state index contributed by atoms with van der Waals surface area (Å²) in [6.45, 7) is 1.89. The fraction of sp³-hybridized carbons (Fsp3) is 0.333. The van der Waals surface area contributed by atoms with Gasteiger partial charge in [0, 0.05) is 17.8 Å². The molecule has 2 aliphatic heterocycles. The second kappa shape index (κ2) is 9.46. The molecule has 9 heteroatoms. The molecular formula is C27H26F3N3O3. The summed E-state index contributed by atoms with van der Waals surface area (Å²) in [7, 11) is 1.57. The Labute approximate surface area is 206 Å². The summed E-state index contributed by atoms with van der Waals surface area (Å²) in [5.41, 5.74) is 3.12. The highest BCUT2D eigenvalue weighted by molar-refractivity contribution is 5.99. The largest absolute Gasteiger partial charge is 0.495 e. The quantitative estimate of drug-likeness (QED) is 0.412. The number of imidazole rings is 1. The Morgan fingerprint density at radius 2 is 1.89 bits per heavy atom. The minimum Gasteiger partial charge on any atom is -0.495 e. The number of aliphatic hydroxyl groups is 1. The monoisotopic (exact) mass is 497 g/mol. The van der Waals surface area contributed by atoms with E-state index in [1.165, 1.54) is 0 Å². The van der Waals surface area contributed by atoms with Crippen LogP contribution >= 0.6 is 0 Å². The van der Waals surface area contributed by atoms with Gasteiger partial charge >= 0.3 is 0 Å². The number of hydrogen-bond donors (Lipinski definition) is 1. The summed E-state index contributed by atoms with van der Waals surface area (Å²) in [6, 6.07) is 6.37. The average molecular weight is 498 g/mol. The summed E-state index contributed by atoms with van der Waals surface area (Å²) in [4.78, 5) is 19.4. The fourth-order valence-electron chi connectivity index (χ4n) is 5.26. The topological polar surface area (TPSA) is 67.6 Å². The number of methoxy groups -OCH3 is 1. The molecule has 0 bridgehead atoms. The normalized spacial score (nSPS) is 23.2. The Morgan fingerprint density at radius 3 is 2.56 bits per heavy atom. The van der Waals surface area contributed by atoms with Gasteiger partial charge in [-0.2, -0.15) is 0 Å². The zero-order chi connectivity index (χ0) is 25.6. The molecule has 3 aromatic rings. The van der Waals surface area contributed by atoms with Gasteiger partial charge in [-0.25, -0.2) is 18.2 Å². The molecule has 2 saturated heterocycles. The van der Waals surface area contributed by atoms with Gasteiger partial charge in [-0.1, -0.05) is 6.07 Å². The molecule has 1 N–H and O–H groups in total. The first-order valence-electron chi connectivity index (χ1n) is 11.8. The SMILES string of the molecule is COc1cc(/C=C2\CC[C@H]3C[C@H](O)C[C@H](c4cc(F)c(F)c(F)c4)N3C2=O)ccc1-n1cnc(C)c1. The van der Waals surface area contributed by atoms with Crippen molar-refractivity contribution < 1.29 is 27.8 Å². The number of aryl methyl sites for hydroxylation is 1. The number of aliphatic hydroxyl groups excluding tert-OH is 1. The first-order chi connectivity index (χ1) is 17.2. The Morgan fingerprint density at radius 1 is 1.14 bits per heavy atom. The van der Waals surface area contributed by atoms with Crippen molar-refractivity contribution in [2.75, 3.05) is 7.11 Å². The standard InChI is InChI=1S/C27H26F3N3O3/c1-15-13-32(14-31-15)23-6-3-16(8-25(23)36-2)7-17-4-5-19-11-20(34)12-24(33(19)27(17)35)18-9-21(28)26(30)22(29)10-18/h3,6-10,13-14,19-20,24,34H,4-5,11-12H2,1-2H3/b17-7+/t19-,20-,24+/m0/s1. The van der Waals surface area contributed by atoms with Gasteiger partial charge in [-0.05, 0) is 74.1 Å². The molecule has 0 unspecified atom stereocenters. The van der Waals surface area contributed by atoms with E-state index in [-0.39, 0.29) is 23.9 Å². The van der Waals surface area contributed by atoms with E-state index in [4.69, 9.17) is 4.74 Å². The maximum atomic E-state index is 14.0. The van der Waals surface area contributed by atoms with E-state index < -0.39 is 29.6 Å². The number of carbonyl (C=O) groups is 1. The number of aromatic nitrogens is 2. The number of rotatable bonds is 4. The second-order valence-electron chi connectivity index (χ2n) is 9.37. The Kier molecular flexibility index (Phi) is 6.34. The zero-order valence-electron chi connectivity index (χ0n) is 19.9. The molecule has 2 aromatic carbocycles. The van der Waals surface area contributed by atoms with Crippen LogP contribution in [0.2, 0.25) is 0 Å². The van der Waals surface area contributed by atoms with E-state index in [0.717, 1.165) is 29.1 Å². The fourth-order valence-corrected chi connectivity index (χ4v) is 5.26. The lowest BCUT2D eigenvalue weighted by Crippen LogP contribution is -2.52. The molecule has 0 aliphatic carbocycles. The predicted octanol–water partition coefficient (Wildman–Crippen LogP) is 4.88. The van der Waals surface area contributed by atoms with Crippen molar-refractivity contribution in [3.8, 4) is 11.4 Å². The van der Waals surface area contributed by atoms with Crippen molar-refractivity contribution in [2.24, 2.45) is 0 Å². The van der Waals surface area contributed by atoms with Crippen LogP contribution in [0.5, 0.6) is 5.75 Å². The zero-order valence-corrected chi connectivity index (χ0v) is 19.9. The third-order valence-electron chi connectivity index (χ3n) is 6.95. The van der Waals surface area contributed by atoms with Crippen molar-refractivity contribution >= 4 is 12.0 Å². The summed E-state index contributed by atoms with van der Waals surface area (Å²) < 4.78 is 49.0. The van der Waals surface area contributed by atoms with Crippen LogP contribution in [0.25, 0.3) is 11.8 Å². The van der Waals surface area contributed by atoms with Crippen molar-refractivity contribution in [3.05, 3.63) is 82.7 Å². The Hall–Kier alpha value is -3.59. The Bertz CT molecular complexity index is 1330. The molecular weight excluding hydrogens is 471 g/mol. The van der Waals surface area contributed by atoms with E-state index in [0.29, 0.717) is 30.6 Å². The molecule has 0 saturated carbocycles. The first-order valence-corrected chi connectivity index (χ1v) is 11.8. The maximum absolute atomic E-state index is 14.0. The van der Waals surface area contributed by atoms with Crippen LogP contribution in [0.15, 0.2) is 48.4 Å². The van der Waals surface area contributed by atoms with Crippen LogP contribution in [0.1, 0.15) is 48.5 Å². The number of benzene rings is 2. The van der Waals surface area contributed by atoms with Gasteiger partial charge < -0.3 is 19.3 Å². The molecule has 0 radical (unpaired) electrons. The van der Waals surface area contributed by atoms with Gasteiger partial charge in [0.25, 0.3) is 5.91 Å². The van der Waals surface area contributed by atoms with Crippen LogP contribution in [0, 0.1) is 24.4 Å². The first kappa shape index (κ1) is 24.1. The van der Waals surface area contributed by atoms with E-state index in [1.54, 1.807) is 24.4 Å². The number of hydrogen-bond acceptors (Lipinski definition) is 4. The van der Waals surface area contributed by atoms with Gasteiger partial charge in [0.2, 0.25) is 0 Å². The third-order valence-corrected chi connectivity index (χ3v) is 6.95. The molecule has 6 nitrogen and oxygen atoms in total. The van der Waals surface area contributed by atoms with Gasteiger partial charge in [-0.15, -0.1) is 0 Å². The van der Waals surface area contributed by atoms with Crippen molar-refractivity contribution in [1.29, 1.82) is 0 Å². The number of amides is 1. The van der Waals surface area contributed by atoms with Crippen LogP contribution in [-0.4, -0.2) is 44.7 Å².